The van der Waals surface area contributed by atoms with Crippen LogP contribution in [0.25, 0.3) is 0 Å². The van der Waals surface area contributed by atoms with E-state index < -0.39 is 16.0 Å². The number of nitrogens with zero attached hydrogens (tertiary/aromatic N) is 1. The van der Waals surface area contributed by atoms with Crippen LogP contribution in [0.3, 0.4) is 0 Å². The molecule has 0 spiro atoms. The van der Waals surface area contributed by atoms with E-state index in [-0.39, 0.29) is 27.9 Å². The zero-order chi connectivity index (χ0) is 18.8. The van der Waals surface area contributed by atoms with Gasteiger partial charge >= 0.3 is 5.97 Å². The highest BCUT2D eigenvalue weighted by atomic mass is 35.5. The number of aliphatic carboxylic acids is 1. The Bertz CT molecular complexity index is 893. The van der Waals surface area contributed by atoms with Crippen LogP contribution in [0.1, 0.15) is 17.5 Å². The van der Waals surface area contributed by atoms with Crippen LogP contribution in [0, 0.1) is 13.8 Å². The molecule has 134 valence electrons. The minimum Gasteiger partial charge on any atom is -0.481 e. The van der Waals surface area contributed by atoms with Crippen molar-refractivity contribution in [1.82, 2.24) is 0 Å². The van der Waals surface area contributed by atoms with Gasteiger partial charge in [0.05, 0.1) is 27.0 Å². The molecule has 0 unspecified atom stereocenters. The molecular weight excluding hydrogens is 385 g/mol. The molecule has 0 aliphatic rings. The average molecular weight is 402 g/mol. The van der Waals surface area contributed by atoms with Crippen LogP contribution < -0.4 is 4.31 Å². The highest BCUT2D eigenvalue weighted by Crippen LogP contribution is 2.30. The summed E-state index contributed by atoms with van der Waals surface area (Å²) in [5, 5.41) is 9.33. The van der Waals surface area contributed by atoms with E-state index in [1.807, 2.05) is 19.9 Å². The molecule has 0 aromatic heterocycles. The monoisotopic (exact) mass is 401 g/mol. The first kappa shape index (κ1) is 19.6. The number of halogens is 2. The Balaban J connectivity index is 2.56. The molecule has 0 bridgehead atoms. The van der Waals surface area contributed by atoms with Crippen molar-refractivity contribution in [2.24, 2.45) is 0 Å². The summed E-state index contributed by atoms with van der Waals surface area (Å²) in [4.78, 5) is 10.9. The standard InChI is InChI=1S/C17H17Cl2NO4S/c1-11-7-12(2)9-13(8-11)20(6-5-17(21)22)25(23,24)14-3-4-15(18)16(19)10-14/h3-4,7-10H,5-6H2,1-2H3,(H,21,22). The molecule has 0 fully saturated rings. The Morgan fingerprint density at radius 1 is 1.04 bits per heavy atom. The lowest BCUT2D eigenvalue weighted by Crippen LogP contribution is -2.33. The van der Waals surface area contributed by atoms with Crippen molar-refractivity contribution in [2.75, 3.05) is 10.8 Å². The lowest BCUT2D eigenvalue weighted by molar-refractivity contribution is -0.136. The molecule has 0 heterocycles. The summed E-state index contributed by atoms with van der Waals surface area (Å²) in [5.41, 5.74) is 2.16. The topological polar surface area (TPSA) is 74.7 Å². The molecule has 8 heteroatoms. The first-order valence-electron chi connectivity index (χ1n) is 7.39. The van der Waals surface area contributed by atoms with Gasteiger partial charge in [0, 0.05) is 6.54 Å². The minimum atomic E-state index is -4.00. The molecule has 5 nitrogen and oxygen atoms in total. The number of rotatable bonds is 6. The Kier molecular flexibility index (Phi) is 5.98. The fourth-order valence-corrected chi connectivity index (χ4v) is 4.28. The maximum absolute atomic E-state index is 13.1. The Morgan fingerprint density at radius 2 is 1.64 bits per heavy atom. The van der Waals surface area contributed by atoms with E-state index in [2.05, 4.69) is 0 Å². The predicted octanol–water partition coefficient (Wildman–Crippen LogP) is 4.28. The van der Waals surface area contributed by atoms with Gasteiger partial charge < -0.3 is 5.11 Å². The maximum atomic E-state index is 13.1. The number of carboxylic acids is 1. The highest BCUT2D eigenvalue weighted by molar-refractivity contribution is 7.92. The number of hydrogen-bond acceptors (Lipinski definition) is 3. The Morgan fingerprint density at radius 3 is 2.16 bits per heavy atom. The summed E-state index contributed by atoms with van der Waals surface area (Å²) < 4.78 is 27.2. The number of carboxylic acid groups (broad SMARTS) is 1. The van der Waals surface area contributed by atoms with Crippen LogP contribution in [0.2, 0.25) is 10.0 Å². The number of carbonyl (C=O) groups is 1. The molecule has 1 N–H and O–H groups in total. The van der Waals surface area contributed by atoms with Gasteiger partial charge in [0.15, 0.2) is 0 Å². The zero-order valence-corrected chi connectivity index (χ0v) is 16.0. The predicted molar refractivity (Wildman–Crippen MR) is 99.2 cm³/mol. The van der Waals surface area contributed by atoms with Gasteiger partial charge in [-0.3, -0.25) is 9.10 Å². The number of sulfonamides is 1. The van der Waals surface area contributed by atoms with Crippen molar-refractivity contribution in [3.8, 4) is 0 Å². The second-order valence-electron chi connectivity index (χ2n) is 5.64. The van der Waals surface area contributed by atoms with Crippen LogP contribution in [0.4, 0.5) is 5.69 Å². The van der Waals surface area contributed by atoms with Crippen LogP contribution in [0.5, 0.6) is 0 Å². The summed E-state index contributed by atoms with van der Waals surface area (Å²) in [6.45, 7) is 3.50. The summed E-state index contributed by atoms with van der Waals surface area (Å²) in [6.07, 6.45) is -0.326. The molecule has 2 aromatic rings. The third kappa shape index (κ3) is 4.66. The molecule has 0 amide bonds. The van der Waals surface area contributed by atoms with Crippen molar-refractivity contribution in [3.05, 3.63) is 57.6 Å². The second-order valence-corrected chi connectivity index (χ2v) is 8.32. The molecule has 2 rings (SSSR count). The number of aryl methyl sites for hydroxylation is 2. The van der Waals surface area contributed by atoms with E-state index in [9.17, 15) is 13.2 Å². The third-order valence-electron chi connectivity index (χ3n) is 3.50. The first-order chi connectivity index (χ1) is 11.6. The quantitative estimate of drug-likeness (QED) is 0.783. The lowest BCUT2D eigenvalue weighted by Gasteiger charge is -2.25. The van der Waals surface area contributed by atoms with Gasteiger partial charge in [-0.15, -0.1) is 0 Å². The average Bonchev–Trinajstić information content (AvgIpc) is 2.48. The summed E-state index contributed by atoms with van der Waals surface area (Å²) in [5.74, 6) is -1.08. The zero-order valence-electron chi connectivity index (χ0n) is 13.7. The largest absolute Gasteiger partial charge is 0.481 e. The fraction of sp³-hybridized carbons (Fsp3) is 0.235. The summed E-state index contributed by atoms with van der Waals surface area (Å²) >= 11 is 11.8. The second kappa shape index (κ2) is 7.64. The van der Waals surface area contributed by atoms with Crippen LogP contribution >= 0.6 is 23.2 Å². The van der Waals surface area contributed by atoms with Crippen LogP contribution in [0.15, 0.2) is 41.3 Å². The molecule has 0 saturated carbocycles. The smallest absolute Gasteiger partial charge is 0.305 e. The molecule has 25 heavy (non-hydrogen) atoms. The molecular formula is C17H17Cl2NO4S. The van der Waals surface area contributed by atoms with Crippen LogP contribution in [-0.2, 0) is 14.8 Å². The molecule has 0 aliphatic heterocycles. The van der Waals surface area contributed by atoms with Crippen molar-refractivity contribution in [2.45, 2.75) is 25.2 Å². The highest BCUT2D eigenvalue weighted by Gasteiger charge is 2.26. The van der Waals surface area contributed by atoms with Crippen molar-refractivity contribution in [1.29, 1.82) is 0 Å². The van der Waals surface area contributed by atoms with Gasteiger partial charge in [-0.2, -0.15) is 0 Å². The number of benzene rings is 2. The normalized spacial score (nSPS) is 11.4. The number of anilines is 1. The van der Waals surface area contributed by atoms with E-state index in [1.54, 1.807) is 12.1 Å². The molecule has 0 aliphatic carbocycles. The SMILES string of the molecule is Cc1cc(C)cc(N(CCC(=O)O)S(=O)(=O)c2ccc(Cl)c(Cl)c2)c1. The van der Waals surface area contributed by atoms with Gasteiger partial charge in [-0.05, 0) is 55.3 Å². The molecule has 0 radical (unpaired) electrons. The first-order valence-corrected chi connectivity index (χ1v) is 9.59. The summed E-state index contributed by atoms with van der Waals surface area (Å²) in [6, 6.07) is 9.31. The maximum Gasteiger partial charge on any atom is 0.305 e. The van der Waals surface area contributed by atoms with E-state index >= 15 is 0 Å². The van der Waals surface area contributed by atoms with Gasteiger partial charge in [0.25, 0.3) is 10.0 Å². The molecule has 0 saturated heterocycles. The van der Waals surface area contributed by atoms with E-state index in [1.165, 1.54) is 18.2 Å². The van der Waals surface area contributed by atoms with Crippen molar-refractivity contribution >= 4 is 44.9 Å². The van der Waals surface area contributed by atoms with Crippen molar-refractivity contribution in [3.63, 3.8) is 0 Å². The third-order valence-corrected chi connectivity index (χ3v) is 6.06. The Hall–Kier alpha value is -1.76. The molecule has 0 atom stereocenters. The van der Waals surface area contributed by atoms with Crippen molar-refractivity contribution < 1.29 is 18.3 Å². The lowest BCUT2D eigenvalue weighted by atomic mass is 10.1. The fourth-order valence-electron chi connectivity index (χ4n) is 2.44. The molecule has 2 aromatic carbocycles. The van der Waals surface area contributed by atoms with E-state index in [0.29, 0.717) is 5.69 Å². The number of hydrogen-bond donors (Lipinski definition) is 1. The van der Waals surface area contributed by atoms with E-state index in [0.717, 1.165) is 15.4 Å². The van der Waals surface area contributed by atoms with Gasteiger partial charge in [-0.25, -0.2) is 8.42 Å². The van der Waals surface area contributed by atoms with Gasteiger partial charge in [0.2, 0.25) is 0 Å². The van der Waals surface area contributed by atoms with Crippen LogP contribution in [-0.4, -0.2) is 26.0 Å². The Labute approximate surface area is 156 Å². The minimum absolute atomic E-state index is 0.0496. The summed E-state index contributed by atoms with van der Waals surface area (Å²) in [7, 11) is -4.00. The van der Waals surface area contributed by atoms with E-state index in [4.69, 9.17) is 28.3 Å². The van der Waals surface area contributed by atoms with Gasteiger partial charge in [0.1, 0.15) is 0 Å². The van der Waals surface area contributed by atoms with Gasteiger partial charge in [-0.1, -0.05) is 29.3 Å².